The molecule has 3 aromatic carbocycles. The molecule has 4 aromatic rings. The third-order valence-electron chi connectivity index (χ3n) is 4.47. The van der Waals surface area contributed by atoms with Crippen molar-refractivity contribution in [3.63, 3.8) is 0 Å². The highest BCUT2D eigenvalue weighted by Crippen LogP contribution is 2.32. The van der Waals surface area contributed by atoms with Crippen LogP contribution in [0.1, 0.15) is 0 Å². The molecular formula is C23H20BF4NO4. The molecule has 0 aliphatic carbocycles. The zero-order chi connectivity index (χ0) is 24.0. The van der Waals surface area contributed by atoms with Crippen LogP contribution in [0.25, 0.3) is 22.3 Å². The molecule has 33 heavy (non-hydrogen) atoms. The fourth-order valence-corrected chi connectivity index (χ4v) is 3.11. The predicted molar refractivity (Wildman–Crippen MR) is 117 cm³/mol. The average molecular weight is 461 g/mol. The van der Waals surface area contributed by atoms with Crippen molar-refractivity contribution in [1.29, 1.82) is 0 Å². The van der Waals surface area contributed by atoms with Crippen molar-refractivity contribution < 1.29 is 41.3 Å². The fraction of sp³-hybridized carbons (Fsp3) is 0.0870. The van der Waals surface area contributed by atoms with Gasteiger partial charge in [0.15, 0.2) is 11.5 Å². The Balaban J connectivity index is 0.000000555. The van der Waals surface area contributed by atoms with Crippen molar-refractivity contribution in [3.8, 4) is 28.6 Å². The van der Waals surface area contributed by atoms with Crippen LogP contribution in [0.15, 0.2) is 77.2 Å². The van der Waals surface area contributed by atoms with Gasteiger partial charge in [-0.05, 0) is 36.4 Å². The summed E-state index contributed by atoms with van der Waals surface area (Å²) < 4.78 is 55.9. The maximum absolute atomic E-state index is 9.76. The highest BCUT2D eigenvalue weighted by molar-refractivity contribution is 6.50. The Hall–Kier alpha value is -3.95. The van der Waals surface area contributed by atoms with E-state index >= 15 is 0 Å². The summed E-state index contributed by atoms with van der Waals surface area (Å²) in [7, 11) is -2.79. The highest BCUT2D eigenvalue weighted by Gasteiger charge is 2.20. The van der Waals surface area contributed by atoms with Gasteiger partial charge >= 0.3 is 7.25 Å². The van der Waals surface area contributed by atoms with Crippen LogP contribution in [0.3, 0.4) is 0 Å². The maximum atomic E-state index is 9.76. The molecule has 0 saturated carbocycles. The van der Waals surface area contributed by atoms with Crippen LogP contribution in [0.4, 0.5) is 23.0 Å². The first-order valence-electron chi connectivity index (χ1n) is 9.69. The lowest BCUT2D eigenvalue weighted by Crippen LogP contribution is -2.70. The summed E-state index contributed by atoms with van der Waals surface area (Å²) in [6.45, 7) is 0. The van der Waals surface area contributed by atoms with E-state index in [2.05, 4.69) is 4.99 Å². The SMILES string of the molecule is COc1ccc(-c2cc(=[NH+]c3cccc(O)c3)c3ccccc3o2)cc1OC.F[B-](F)(F)F. The molecule has 4 rings (SSSR count). The van der Waals surface area contributed by atoms with Gasteiger partial charge < -0.3 is 36.3 Å². The topological polar surface area (TPSA) is 65.8 Å². The summed E-state index contributed by atoms with van der Waals surface area (Å²) in [6, 6.07) is 22.4. The van der Waals surface area contributed by atoms with E-state index in [9.17, 15) is 22.4 Å². The van der Waals surface area contributed by atoms with Gasteiger partial charge in [0.2, 0.25) is 11.0 Å². The average Bonchev–Trinajstić information content (AvgIpc) is 2.77. The molecule has 0 aliphatic rings. The summed E-state index contributed by atoms with van der Waals surface area (Å²) in [5, 5.41) is 11.6. The normalized spacial score (nSPS) is 11.6. The zero-order valence-electron chi connectivity index (χ0n) is 17.7. The summed E-state index contributed by atoms with van der Waals surface area (Å²) in [5.74, 6) is 2.17. The van der Waals surface area contributed by atoms with Crippen LogP contribution in [0, 0.1) is 0 Å². The van der Waals surface area contributed by atoms with Crippen LogP contribution in [0.2, 0.25) is 0 Å². The van der Waals surface area contributed by atoms with Crippen LogP contribution in [-0.4, -0.2) is 26.6 Å². The van der Waals surface area contributed by atoms with Gasteiger partial charge in [0.05, 0.1) is 31.7 Å². The third-order valence-corrected chi connectivity index (χ3v) is 4.47. The number of ether oxygens (including phenoxy) is 2. The number of methoxy groups -OCH3 is 2. The molecule has 0 saturated heterocycles. The van der Waals surface area contributed by atoms with Crippen molar-refractivity contribution >= 4 is 23.9 Å². The van der Waals surface area contributed by atoms with Crippen LogP contribution in [0.5, 0.6) is 17.2 Å². The van der Waals surface area contributed by atoms with Crippen LogP contribution < -0.4 is 19.8 Å². The first-order chi connectivity index (χ1) is 15.7. The number of nitrogens with one attached hydrogen (secondary N) is 1. The molecule has 0 bridgehead atoms. The number of phenols is 1. The summed E-state index contributed by atoms with van der Waals surface area (Å²) >= 11 is 0. The van der Waals surface area contributed by atoms with E-state index in [4.69, 9.17) is 13.9 Å². The first-order valence-corrected chi connectivity index (χ1v) is 9.69. The van der Waals surface area contributed by atoms with Gasteiger partial charge in [-0.15, -0.1) is 0 Å². The Morgan fingerprint density at radius 2 is 1.52 bits per heavy atom. The maximum Gasteiger partial charge on any atom is 0.673 e. The van der Waals surface area contributed by atoms with Gasteiger partial charge in [0.25, 0.3) is 0 Å². The molecule has 0 unspecified atom stereocenters. The Morgan fingerprint density at radius 3 is 2.18 bits per heavy atom. The minimum atomic E-state index is -6.00. The Labute approximate surface area is 186 Å². The number of rotatable bonds is 4. The van der Waals surface area contributed by atoms with E-state index in [0.717, 1.165) is 27.6 Å². The Morgan fingerprint density at radius 1 is 0.818 bits per heavy atom. The van der Waals surface area contributed by atoms with Crippen molar-refractivity contribution in [1.82, 2.24) is 0 Å². The van der Waals surface area contributed by atoms with Gasteiger partial charge in [-0.3, -0.25) is 0 Å². The molecule has 0 spiro atoms. The molecule has 0 aliphatic heterocycles. The molecule has 1 heterocycles. The van der Waals surface area contributed by atoms with Crippen LogP contribution >= 0.6 is 0 Å². The van der Waals surface area contributed by atoms with E-state index < -0.39 is 7.25 Å². The molecule has 1 aromatic heterocycles. The summed E-state index contributed by atoms with van der Waals surface area (Å²) in [4.78, 5) is 3.37. The Kier molecular flexibility index (Phi) is 7.27. The molecule has 0 fully saturated rings. The van der Waals surface area contributed by atoms with Crippen LogP contribution in [-0.2, 0) is 0 Å². The molecule has 0 amide bonds. The van der Waals surface area contributed by atoms with Crippen molar-refractivity contribution in [3.05, 3.63) is 78.2 Å². The standard InChI is InChI=1S/C23H19NO4.BF4/c1-26-21-11-10-15(12-23(21)27-2)22-14-19(18-8-3-4-9-20(18)28-22)24-16-6-5-7-17(25)13-16;2-1(3,4)5/h3-14,25H,1-2H3;/q;-1/p+1. The minimum absolute atomic E-state index is 0.204. The number of para-hydroxylation sites is 1. The van der Waals surface area contributed by atoms with Gasteiger partial charge in [0.1, 0.15) is 17.1 Å². The monoisotopic (exact) mass is 461 g/mol. The largest absolute Gasteiger partial charge is 0.673 e. The van der Waals surface area contributed by atoms with Crippen molar-refractivity contribution in [2.45, 2.75) is 0 Å². The molecule has 0 radical (unpaired) electrons. The number of hydrogen-bond acceptors (Lipinski definition) is 4. The van der Waals surface area contributed by atoms with E-state index in [1.54, 1.807) is 32.4 Å². The molecule has 0 atom stereocenters. The number of fused-ring (bicyclic) bond motifs is 1. The van der Waals surface area contributed by atoms with Crippen molar-refractivity contribution in [2.24, 2.45) is 0 Å². The highest BCUT2D eigenvalue weighted by atomic mass is 19.5. The van der Waals surface area contributed by atoms with Gasteiger partial charge in [-0.2, -0.15) is 0 Å². The Bertz CT molecular complexity index is 1320. The molecule has 172 valence electrons. The fourth-order valence-electron chi connectivity index (χ4n) is 3.11. The van der Waals surface area contributed by atoms with Crippen molar-refractivity contribution in [2.75, 3.05) is 14.2 Å². The number of phenolic OH excluding ortho intramolecular Hbond substituents is 1. The predicted octanol–water partition coefficient (Wildman–Crippen LogP) is 4.44. The van der Waals surface area contributed by atoms with E-state index in [-0.39, 0.29) is 5.75 Å². The van der Waals surface area contributed by atoms with Gasteiger partial charge in [-0.1, -0.05) is 18.2 Å². The second-order valence-electron chi connectivity index (χ2n) is 6.76. The molecule has 2 N–H and O–H groups in total. The third kappa shape index (κ3) is 6.52. The quantitative estimate of drug-likeness (QED) is 0.349. The number of hydrogen-bond donors (Lipinski definition) is 2. The molecule has 10 heteroatoms. The lowest BCUT2D eigenvalue weighted by molar-refractivity contribution is -0.401. The lowest BCUT2D eigenvalue weighted by atomic mass is 10.1. The minimum Gasteiger partial charge on any atom is -0.508 e. The number of halogens is 4. The van der Waals surface area contributed by atoms with E-state index in [0.29, 0.717) is 17.3 Å². The van der Waals surface area contributed by atoms with Gasteiger partial charge in [0, 0.05) is 11.6 Å². The van der Waals surface area contributed by atoms with E-state index in [1.807, 2.05) is 54.6 Å². The van der Waals surface area contributed by atoms with Gasteiger partial charge in [-0.25, -0.2) is 4.99 Å². The summed E-state index contributed by atoms with van der Waals surface area (Å²) in [6.07, 6.45) is 0. The molecule has 5 nitrogen and oxygen atoms in total. The van der Waals surface area contributed by atoms with E-state index in [1.165, 1.54) is 0 Å². The zero-order valence-corrected chi connectivity index (χ0v) is 17.7. The molecular weight excluding hydrogens is 441 g/mol. The number of benzene rings is 3. The number of aromatic hydroxyl groups is 1. The smallest absolute Gasteiger partial charge is 0.508 e. The lowest BCUT2D eigenvalue weighted by Gasteiger charge is -2.09. The summed E-state index contributed by atoms with van der Waals surface area (Å²) in [5.41, 5.74) is 2.40. The second kappa shape index (κ2) is 10.1. The first kappa shape index (κ1) is 23.7. The second-order valence-corrected chi connectivity index (χ2v) is 6.76.